The molecule has 2 heterocycles. The van der Waals surface area contributed by atoms with E-state index in [4.69, 9.17) is 11.6 Å². The standard InChI is InChI=1S/C25H22ClN5/c1-2-31-24-14-8-6-12-22(24)28-25(31)29-27-15-19-17-30(23-13-7-4-10-20(19)23)16-18-9-3-5-11-21(18)26/h3-15,17H,2,16H2,1H3,(H,28,29)/b27-15-. The Kier molecular flexibility index (Phi) is 5.18. The second kappa shape index (κ2) is 8.28. The van der Waals surface area contributed by atoms with Gasteiger partial charge < -0.3 is 9.13 Å². The Morgan fingerprint density at radius 3 is 2.55 bits per heavy atom. The lowest BCUT2D eigenvalue weighted by molar-refractivity contribution is 0.791. The monoisotopic (exact) mass is 427 g/mol. The van der Waals surface area contributed by atoms with Gasteiger partial charge in [-0.25, -0.2) is 10.4 Å². The number of aryl methyl sites for hydroxylation is 1. The first kappa shape index (κ1) is 19.4. The van der Waals surface area contributed by atoms with Gasteiger partial charge in [0.15, 0.2) is 0 Å². The number of imidazole rings is 1. The summed E-state index contributed by atoms with van der Waals surface area (Å²) >= 11 is 6.39. The van der Waals surface area contributed by atoms with Crippen LogP contribution in [0.2, 0.25) is 5.02 Å². The van der Waals surface area contributed by atoms with Crippen molar-refractivity contribution in [2.75, 3.05) is 5.43 Å². The predicted molar refractivity (Wildman–Crippen MR) is 129 cm³/mol. The Hall–Kier alpha value is -3.57. The molecule has 0 amide bonds. The first-order chi connectivity index (χ1) is 15.2. The van der Waals surface area contributed by atoms with Crippen LogP contribution < -0.4 is 5.43 Å². The number of hydrogen-bond donors (Lipinski definition) is 1. The molecule has 0 saturated heterocycles. The SMILES string of the molecule is CCn1c(N/N=C\c2cn(Cc3ccccc3Cl)c3ccccc23)nc2ccccc21. The summed E-state index contributed by atoms with van der Waals surface area (Å²) in [5, 5.41) is 6.42. The number of nitrogens with zero attached hydrogens (tertiary/aromatic N) is 4. The quantitative estimate of drug-likeness (QED) is 0.260. The van der Waals surface area contributed by atoms with Crippen molar-refractivity contribution >= 4 is 45.7 Å². The molecule has 5 rings (SSSR count). The lowest BCUT2D eigenvalue weighted by Gasteiger charge is -2.07. The number of fused-ring (bicyclic) bond motifs is 2. The summed E-state index contributed by atoms with van der Waals surface area (Å²) in [5.41, 5.74) is 8.44. The molecule has 31 heavy (non-hydrogen) atoms. The maximum atomic E-state index is 6.39. The molecule has 0 saturated carbocycles. The molecule has 0 radical (unpaired) electrons. The van der Waals surface area contributed by atoms with Gasteiger partial charge in [0.25, 0.3) is 0 Å². The number of anilines is 1. The Morgan fingerprint density at radius 1 is 0.968 bits per heavy atom. The molecule has 0 aliphatic rings. The predicted octanol–water partition coefficient (Wildman–Crippen LogP) is 6.16. The first-order valence-electron chi connectivity index (χ1n) is 10.3. The van der Waals surface area contributed by atoms with Crippen LogP contribution in [0.5, 0.6) is 0 Å². The number of halogens is 1. The molecule has 2 aromatic heterocycles. The highest BCUT2D eigenvalue weighted by Gasteiger charge is 2.10. The molecular weight excluding hydrogens is 406 g/mol. The molecule has 0 bridgehead atoms. The van der Waals surface area contributed by atoms with E-state index in [2.05, 4.69) is 62.0 Å². The highest BCUT2D eigenvalue weighted by Crippen LogP contribution is 2.24. The Labute approximate surface area is 185 Å². The molecule has 0 spiro atoms. The van der Waals surface area contributed by atoms with Crippen molar-refractivity contribution in [2.45, 2.75) is 20.0 Å². The maximum absolute atomic E-state index is 6.39. The minimum Gasteiger partial charge on any atom is -0.342 e. The number of rotatable bonds is 6. The minimum atomic E-state index is 0.701. The molecular formula is C25H22ClN5. The van der Waals surface area contributed by atoms with E-state index in [1.54, 1.807) is 0 Å². The van der Waals surface area contributed by atoms with Gasteiger partial charge in [-0.3, -0.25) is 0 Å². The van der Waals surface area contributed by atoms with Gasteiger partial charge in [-0.15, -0.1) is 0 Å². The number of hydrazone groups is 1. The van der Waals surface area contributed by atoms with Crippen LogP contribution in [0.3, 0.4) is 0 Å². The van der Waals surface area contributed by atoms with Crippen LogP contribution in [0.25, 0.3) is 21.9 Å². The molecule has 0 aliphatic heterocycles. The van der Waals surface area contributed by atoms with Gasteiger partial charge in [0, 0.05) is 40.8 Å². The van der Waals surface area contributed by atoms with Gasteiger partial charge in [0.05, 0.1) is 17.2 Å². The van der Waals surface area contributed by atoms with Gasteiger partial charge in [0.1, 0.15) is 0 Å². The van der Waals surface area contributed by atoms with Gasteiger partial charge >= 0.3 is 0 Å². The summed E-state index contributed by atoms with van der Waals surface area (Å²) in [5.74, 6) is 0.736. The number of nitrogens with one attached hydrogen (secondary N) is 1. The van der Waals surface area contributed by atoms with Crippen LogP contribution in [0.1, 0.15) is 18.1 Å². The summed E-state index contributed by atoms with van der Waals surface area (Å²) in [6.07, 6.45) is 3.97. The fraction of sp³-hybridized carbons (Fsp3) is 0.120. The molecule has 3 aromatic carbocycles. The van der Waals surface area contributed by atoms with E-state index in [1.807, 2.05) is 54.7 Å². The Bertz CT molecular complexity index is 1400. The van der Waals surface area contributed by atoms with Crippen molar-refractivity contribution in [1.82, 2.24) is 14.1 Å². The van der Waals surface area contributed by atoms with Crippen LogP contribution in [0.15, 0.2) is 84.1 Å². The third kappa shape index (κ3) is 3.68. The Morgan fingerprint density at radius 2 is 1.71 bits per heavy atom. The van der Waals surface area contributed by atoms with Gasteiger partial charge in [-0.05, 0) is 36.8 Å². The van der Waals surface area contributed by atoms with E-state index in [1.165, 1.54) is 0 Å². The van der Waals surface area contributed by atoms with Gasteiger partial charge in [-0.1, -0.05) is 60.1 Å². The van der Waals surface area contributed by atoms with E-state index in [-0.39, 0.29) is 0 Å². The van der Waals surface area contributed by atoms with Crippen LogP contribution >= 0.6 is 11.6 Å². The first-order valence-corrected chi connectivity index (χ1v) is 10.7. The number of benzene rings is 3. The van der Waals surface area contributed by atoms with Crippen LogP contribution in [0.4, 0.5) is 5.95 Å². The second-order valence-electron chi connectivity index (χ2n) is 7.36. The number of para-hydroxylation sites is 3. The molecule has 0 fully saturated rings. The fourth-order valence-electron chi connectivity index (χ4n) is 3.96. The van der Waals surface area contributed by atoms with Crippen molar-refractivity contribution in [3.63, 3.8) is 0 Å². The molecule has 5 aromatic rings. The zero-order valence-electron chi connectivity index (χ0n) is 17.2. The van der Waals surface area contributed by atoms with E-state index >= 15 is 0 Å². The van der Waals surface area contributed by atoms with E-state index < -0.39 is 0 Å². The zero-order chi connectivity index (χ0) is 21.2. The van der Waals surface area contributed by atoms with Crippen LogP contribution in [-0.2, 0) is 13.1 Å². The summed E-state index contributed by atoms with van der Waals surface area (Å²) in [6, 6.07) is 24.4. The highest BCUT2D eigenvalue weighted by atomic mass is 35.5. The normalized spacial score (nSPS) is 11.7. The third-order valence-electron chi connectivity index (χ3n) is 5.46. The zero-order valence-corrected chi connectivity index (χ0v) is 17.9. The van der Waals surface area contributed by atoms with E-state index in [9.17, 15) is 0 Å². The maximum Gasteiger partial charge on any atom is 0.224 e. The molecule has 0 aliphatic carbocycles. The fourth-order valence-corrected chi connectivity index (χ4v) is 4.16. The number of aromatic nitrogens is 3. The molecule has 0 unspecified atom stereocenters. The average molecular weight is 428 g/mol. The third-order valence-corrected chi connectivity index (χ3v) is 5.83. The van der Waals surface area contributed by atoms with Gasteiger partial charge in [0.2, 0.25) is 5.95 Å². The molecule has 0 atom stereocenters. The summed E-state index contributed by atoms with van der Waals surface area (Å²) in [4.78, 5) is 4.67. The summed E-state index contributed by atoms with van der Waals surface area (Å²) in [7, 11) is 0. The summed E-state index contributed by atoms with van der Waals surface area (Å²) < 4.78 is 4.33. The lowest BCUT2D eigenvalue weighted by Crippen LogP contribution is -2.01. The largest absolute Gasteiger partial charge is 0.342 e. The van der Waals surface area contributed by atoms with E-state index in [0.717, 1.165) is 50.6 Å². The van der Waals surface area contributed by atoms with Crippen molar-refractivity contribution in [3.05, 3.63) is 95.1 Å². The Balaban J connectivity index is 1.46. The van der Waals surface area contributed by atoms with Crippen LogP contribution in [0, 0.1) is 0 Å². The van der Waals surface area contributed by atoms with E-state index in [0.29, 0.717) is 6.54 Å². The molecule has 6 heteroatoms. The van der Waals surface area contributed by atoms with Crippen molar-refractivity contribution in [2.24, 2.45) is 5.10 Å². The average Bonchev–Trinajstić information content (AvgIpc) is 3.33. The molecule has 154 valence electrons. The second-order valence-corrected chi connectivity index (χ2v) is 7.77. The smallest absolute Gasteiger partial charge is 0.224 e. The number of hydrogen-bond acceptors (Lipinski definition) is 3. The molecule has 1 N–H and O–H groups in total. The van der Waals surface area contributed by atoms with Gasteiger partial charge in [-0.2, -0.15) is 5.10 Å². The topological polar surface area (TPSA) is 47.1 Å². The van der Waals surface area contributed by atoms with Crippen LogP contribution in [-0.4, -0.2) is 20.3 Å². The lowest BCUT2D eigenvalue weighted by atomic mass is 10.2. The summed E-state index contributed by atoms with van der Waals surface area (Å²) in [6.45, 7) is 3.62. The van der Waals surface area contributed by atoms with Crippen molar-refractivity contribution in [3.8, 4) is 0 Å². The minimum absolute atomic E-state index is 0.701. The van der Waals surface area contributed by atoms with Crippen molar-refractivity contribution in [1.29, 1.82) is 0 Å². The van der Waals surface area contributed by atoms with Crippen molar-refractivity contribution < 1.29 is 0 Å². The molecule has 5 nitrogen and oxygen atoms in total. The highest BCUT2D eigenvalue weighted by molar-refractivity contribution is 6.31.